The van der Waals surface area contributed by atoms with E-state index in [4.69, 9.17) is 5.73 Å². The molecule has 1 heterocycles. The van der Waals surface area contributed by atoms with Crippen LogP contribution in [0.5, 0.6) is 0 Å². The molecule has 1 aliphatic heterocycles. The van der Waals surface area contributed by atoms with Crippen molar-refractivity contribution >= 4 is 11.4 Å². The van der Waals surface area contributed by atoms with Crippen molar-refractivity contribution in [3.63, 3.8) is 0 Å². The number of rotatable bonds is 3. The summed E-state index contributed by atoms with van der Waals surface area (Å²) in [6.07, 6.45) is 3.52. The molecule has 0 radical (unpaired) electrons. The number of nitrogens with zero attached hydrogens (tertiary/aromatic N) is 1. The van der Waals surface area contributed by atoms with Gasteiger partial charge < -0.3 is 10.2 Å². The summed E-state index contributed by atoms with van der Waals surface area (Å²) in [7, 11) is 2.04. The van der Waals surface area contributed by atoms with Gasteiger partial charge in [0, 0.05) is 7.05 Å². The summed E-state index contributed by atoms with van der Waals surface area (Å²) < 4.78 is 0. The van der Waals surface area contributed by atoms with Gasteiger partial charge in [-0.2, -0.15) is 0 Å². The molecule has 1 aliphatic rings. The third kappa shape index (κ3) is 1.79. The number of benzene rings is 1. The monoisotopic (exact) mass is 205 g/mol. The lowest BCUT2D eigenvalue weighted by Gasteiger charge is -2.19. The summed E-state index contributed by atoms with van der Waals surface area (Å²) in [5.41, 5.74) is 9.78. The summed E-state index contributed by atoms with van der Waals surface area (Å²) in [6, 6.07) is 6.39. The number of hydrogen-bond acceptors (Lipinski definition) is 3. The highest BCUT2D eigenvalue weighted by molar-refractivity contribution is 5.78. The first-order chi connectivity index (χ1) is 7.24. The highest BCUT2D eigenvalue weighted by Crippen LogP contribution is 2.35. The average molecular weight is 205 g/mol. The molecular weight excluding hydrogens is 186 g/mol. The molecule has 82 valence electrons. The van der Waals surface area contributed by atoms with Crippen LogP contribution in [0.1, 0.15) is 25.3 Å². The van der Waals surface area contributed by atoms with Crippen LogP contribution in [0.2, 0.25) is 0 Å². The maximum Gasteiger partial charge on any atom is 0.152 e. The summed E-state index contributed by atoms with van der Waals surface area (Å²) in [5.74, 6) is 0. The molecule has 2 rings (SSSR count). The number of nitrogens with two attached hydrogens (primary N) is 1. The normalized spacial score (nSPS) is 18.9. The number of anilines is 2. The molecule has 0 aromatic heterocycles. The van der Waals surface area contributed by atoms with Crippen molar-refractivity contribution in [1.82, 2.24) is 0 Å². The van der Waals surface area contributed by atoms with Crippen LogP contribution >= 0.6 is 0 Å². The van der Waals surface area contributed by atoms with E-state index in [1.165, 1.54) is 29.8 Å². The van der Waals surface area contributed by atoms with E-state index < -0.39 is 0 Å². The molecule has 0 fully saturated rings. The molecule has 1 atom stereocenters. The molecule has 1 aromatic carbocycles. The van der Waals surface area contributed by atoms with Gasteiger partial charge in [-0.05, 0) is 24.5 Å². The molecule has 0 bridgehead atoms. The molecule has 3 nitrogen and oxygen atoms in total. The lowest BCUT2D eigenvalue weighted by atomic mass is 10.1. The van der Waals surface area contributed by atoms with Crippen LogP contribution < -0.4 is 16.0 Å². The first kappa shape index (κ1) is 10.3. The molecule has 1 unspecified atom stereocenters. The highest BCUT2D eigenvalue weighted by atomic mass is 15.4. The largest absolute Gasteiger partial charge is 0.351 e. The van der Waals surface area contributed by atoms with Gasteiger partial charge in [0.05, 0.1) is 11.4 Å². The van der Waals surface area contributed by atoms with E-state index in [0.29, 0.717) is 0 Å². The second kappa shape index (κ2) is 4.11. The van der Waals surface area contributed by atoms with E-state index in [-0.39, 0.29) is 6.29 Å². The second-order valence-corrected chi connectivity index (χ2v) is 4.12. The van der Waals surface area contributed by atoms with Gasteiger partial charge in [0.1, 0.15) is 0 Å². The van der Waals surface area contributed by atoms with Gasteiger partial charge in [0.25, 0.3) is 0 Å². The van der Waals surface area contributed by atoms with Crippen molar-refractivity contribution in [2.45, 2.75) is 32.5 Å². The fourth-order valence-corrected chi connectivity index (χ4v) is 2.09. The first-order valence-corrected chi connectivity index (χ1v) is 5.61. The quantitative estimate of drug-likeness (QED) is 0.794. The Bertz CT molecular complexity index is 349. The van der Waals surface area contributed by atoms with Gasteiger partial charge in [-0.3, -0.25) is 5.73 Å². The smallest absolute Gasteiger partial charge is 0.152 e. The zero-order valence-electron chi connectivity index (χ0n) is 9.46. The maximum absolute atomic E-state index is 5.94. The van der Waals surface area contributed by atoms with E-state index in [0.717, 1.165) is 6.42 Å². The molecule has 0 aliphatic carbocycles. The molecule has 0 amide bonds. The van der Waals surface area contributed by atoms with Gasteiger partial charge in [-0.15, -0.1) is 0 Å². The Morgan fingerprint density at radius 2 is 2.27 bits per heavy atom. The van der Waals surface area contributed by atoms with Crippen LogP contribution in [0.15, 0.2) is 18.2 Å². The minimum atomic E-state index is -0.0808. The van der Waals surface area contributed by atoms with E-state index in [2.05, 4.69) is 35.3 Å². The lowest BCUT2D eigenvalue weighted by molar-refractivity contribution is 0.756. The third-order valence-electron chi connectivity index (χ3n) is 2.99. The highest BCUT2D eigenvalue weighted by Gasteiger charge is 2.24. The first-order valence-electron chi connectivity index (χ1n) is 5.61. The molecule has 0 saturated heterocycles. The molecule has 15 heavy (non-hydrogen) atoms. The third-order valence-corrected chi connectivity index (χ3v) is 2.99. The predicted octanol–water partition coefficient (Wildman–Crippen LogP) is 2.13. The van der Waals surface area contributed by atoms with Crippen LogP contribution in [-0.4, -0.2) is 13.3 Å². The molecule has 3 N–H and O–H groups in total. The van der Waals surface area contributed by atoms with Crippen LogP contribution in [0.25, 0.3) is 0 Å². The molecular formula is C12H19N3. The van der Waals surface area contributed by atoms with Gasteiger partial charge in [-0.1, -0.05) is 25.5 Å². The Kier molecular flexibility index (Phi) is 2.82. The number of nitrogens with one attached hydrogen (secondary N) is 1. The van der Waals surface area contributed by atoms with Gasteiger partial charge in [0.2, 0.25) is 0 Å². The second-order valence-electron chi connectivity index (χ2n) is 4.12. The molecule has 0 saturated carbocycles. The minimum Gasteiger partial charge on any atom is -0.351 e. The summed E-state index contributed by atoms with van der Waals surface area (Å²) >= 11 is 0. The summed E-state index contributed by atoms with van der Waals surface area (Å²) in [4.78, 5) is 2.11. The Hall–Kier alpha value is -1.22. The Morgan fingerprint density at radius 1 is 1.47 bits per heavy atom. The predicted molar refractivity (Wildman–Crippen MR) is 65.1 cm³/mol. The van der Waals surface area contributed by atoms with Crippen LogP contribution in [-0.2, 0) is 6.42 Å². The fourth-order valence-electron chi connectivity index (χ4n) is 2.09. The summed E-state index contributed by atoms with van der Waals surface area (Å²) in [5, 5.41) is 3.27. The standard InChI is InChI=1S/C12H19N3/c1-3-4-6-9-7-5-8-10-11(9)15(2)12(13)14-10/h5,7-8,12,14H,3-4,6,13H2,1-2H3. The summed E-state index contributed by atoms with van der Waals surface area (Å²) in [6.45, 7) is 2.22. The maximum atomic E-state index is 5.94. The van der Waals surface area contributed by atoms with Crippen molar-refractivity contribution < 1.29 is 0 Å². The zero-order valence-corrected chi connectivity index (χ0v) is 9.46. The molecule has 1 aromatic rings. The van der Waals surface area contributed by atoms with Crippen molar-refractivity contribution in [2.24, 2.45) is 5.73 Å². The van der Waals surface area contributed by atoms with Crippen molar-refractivity contribution in [3.05, 3.63) is 23.8 Å². The van der Waals surface area contributed by atoms with E-state index >= 15 is 0 Å². The SMILES string of the molecule is CCCCc1cccc2c1N(C)C(N)N2. The Labute approximate surface area is 91.3 Å². The Morgan fingerprint density at radius 3 is 3.00 bits per heavy atom. The number of fused-ring (bicyclic) bond motifs is 1. The van der Waals surface area contributed by atoms with Crippen LogP contribution in [0, 0.1) is 0 Å². The molecule has 3 heteroatoms. The van der Waals surface area contributed by atoms with Gasteiger partial charge >= 0.3 is 0 Å². The average Bonchev–Trinajstić information content (AvgIpc) is 2.53. The number of unbranched alkanes of at least 4 members (excludes halogenated alkanes) is 1. The van der Waals surface area contributed by atoms with E-state index in [9.17, 15) is 0 Å². The van der Waals surface area contributed by atoms with Crippen molar-refractivity contribution in [1.29, 1.82) is 0 Å². The topological polar surface area (TPSA) is 41.3 Å². The number of para-hydroxylation sites is 1. The van der Waals surface area contributed by atoms with Crippen molar-refractivity contribution in [2.75, 3.05) is 17.3 Å². The van der Waals surface area contributed by atoms with Crippen LogP contribution in [0.4, 0.5) is 11.4 Å². The fraction of sp³-hybridized carbons (Fsp3) is 0.500. The van der Waals surface area contributed by atoms with Crippen LogP contribution in [0.3, 0.4) is 0 Å². The van der Waals surface area contributed by atoms with E-state index in [1.54, 1.807) is 0 Å². The minimum absolute atomic E-state index is 0.0808. The van der Waals surface area contributed by atoms with Crippen molar-refractivity contribution in [3.8, 4) is 0 Å². The number of hydrogen-bond donors (Lipinski definition) is 2. The zero-order chi connectivity index (χ0) is 10.8. The van der Waals surface area contributed by atoms with E-state index in [1.807, 2.05) is 7.05 Å². The molecule has 0 spiro atoms. The number of aryl methyl sites for hydroxylation is 1. The lowest BCUT2D eigenvalue weighted by Crippen LogP contribution is -2.40. The Balaban J connectivity index is 2.30. The van der Waals surface area contributed by atoms with Gasteiger partial charge in [-0.25, -0.2) is 0 Å². The van der Waals surface area contributed by atoms with Gasteiger partial charge in [0.15, 0.2) is 6.29 Å².